The summed E-state index contributed by atoms with van der Waals surface area (Å²) in [5.74, 6) is 0. The Bertz CT molecular complexity index is 276. The molecule has 5 heteroatoms. The maximum absolute atomic E-state index is 9.96. The lowest BCUT2D eigenvalue weighted by molar-refractivity contribution is 0.0185. The van der Waals surface area contributed by atoms with Gasteiger partial charge in [-0.3, -0.25) is 0 Å². The third kappa shape index (κ3) is 12.8. The molecule has 0 amide bonds. The van der Waals surface area contributed by atoms with E-state index in [-0.39, 0.29) is 6.10 Å². The molecule has 0 aromatic carbocycles. The highest BCUT2D eigenvalue weighted by Gasteiger charge is 2.23. The molecular formula is C17H41NO2Si2. The van der Waals surface area contributed by atoms with Crippen molar-refractivity contribution < 1.29 is 9.84 Å². The summed E-state index contributed by atoms with van der Waals surface area (Å²) < 4.78 is 5.68. The van der Waals surface area contributed by atoms with Gasteiger partial charge in [0.05, 0.1) is 12.7 Å². The fraction of sp³-hybridized carbons (Fsp3) is 1.00. The van der Waals surface area contributed by atoms with E-state index in [1.54, 1.807) is 0 Å². The average Bonchev–Trinajstić information content (AvgIpc) is 2.41. The van der Waals surface area contributed by atoms with Crippen molar-refractivity contribution in [2.24, 2.45) is 0 Å². The molecule has 0 spiro atoms. The molecule has 0 heterocycles. The summed E-state index contributed by atoms with van der Waals surface area (Å²) in [5, 5.41) is 9.96. The predicted molar refractivity (Wildman–Crippen MR) is 104 cm³/mol. The molecule has 0 aliphatic heterocycles. The zero-order valence-electron chi connectivity index (χ0n) is 16.2. The van der Waals surface area contributed by atoms with Crippen LogP contribution in [0.1, 0.15) is 20.3 Å². The fourth-order valence-electron chi connectivity index (χ4n) is 2.54. The summed E-state index contributed by atoms with van der Waals surface area (Å²) in [6.07, 6.45) is 0.806. The van der Waals surface area contributed by atoms with Crippen LogP contribution in [0, 0.1) is 0 Å². The van der Waals surface area contributed by atoms with Crippen molar-refractivity contribution in [3.8, 4) is 0 Å². The Hall–Kier alpha value is 0.314. The molecule has 0 saturated heterocycles. The van der Waals surface area contributed by atoms with Crippen molar-refractivity contribution in [3.05, 3.63) is 0 Å². The quantitative estimate of drug-likeness (QED) is 0.401. The van der Waals surface area contributed by atoms with Crippen molar-refractivity contribution in [1.29, 1.82) is 0 Å². The Kier molecular flexibility index (Phi) is 11.1. The second-order valence-corrected chi connectivity index (χ2v) is 19.5. The summed E-state index contributed by atoms with van der Waals surface area (Å²) in [7, 11) is -1.94. The molecular weight excluding hydrogens is 306 g/mol. The fourth-order valence-corrected chi connectivity index (χ4v) is 9.60. The Morgan fingerprint density at radius 1 is 0.955 bits per heavy atom. The standard InChI is InChI=1S/C17H41NO2Si2/c1-8-18(9-2)15-17(19)16-20-11-10-12-22(6,7)14-13-21(3,4)5/h17,19H,8-16H2,1-7H3. The second kappa shape index (κ2) is 11.0. The third-order valence-corrected chi connectivity index (χ3v) is 9.93. The molecule has 0 fully saturated rings. The minimum atomic E-state index is -1.04. The molecule has 0 aromatic rings. The number of hydrogen-bond donors (Lipinski definition) is 1. The second-order valence-electron chi connectivity index (χ2n) is 8.54. The van der Waals surface area contributed by atoms with Crippen molar-refractivity contribution in [1.82, 2.24) is 4.90 Å². The van der Waals surface area contributed by atoms with E-state index in [0.29, 0.717) is 6.61 Å². The molecule has 0 aliphatic carbocycles. The first-order valence-corrected chi connectivity index (χ1v) is 16.2. The number of aliphatic hydroxyl groups is 1. The zero-order chi connectivity index (χ0) is 17.2. The molecule has 1 unspecified atom stereocenters. The van der Waals surface area contributed by atoms with E-state index in [1.807, 2.05) is 0 Å². The van der Waals surface area contributed by atoms with Gasteiger partial charge in [-0.15, -0.1) is 0 Å². The van der Waals surface area contributed by atoms with Crippen LogP contribution >= 0.6 is 0 Å². The molecule has 1 N–H and O–H groups in total. The summed E-state index contributed by atoms with van der Waals surface area (Å²) in [5.41, 5.74) is 0. The van der Waals surface area contributed by atoms with E-state index in [9.17, 15) is 5.11 Å². The van der Waals surface area contributed by atoms with E-state index < -0.39 is 16.1 Å². The monoisotopic (exact) mass is 347 g/mol. The number of rotatable bonds is 13. The zero-order valence-corrected chi connectivity index (χ0v) is 18.2. The predicted octanol–water partition coefficient (Wildman–Crippen LogP) is 4.14. The minimum Gasteiger partial charge on any atom is -0.389 e. The van der Waals surface area contributed by atoms with Crippen LogP contribution in [0.4, 0.5) is 0 Å². The van der Waals surface area contributed by atoms with Crippen LogP contribution in [-0.4, -0.2) is 65.1 Å². The van der Waals surface area contributed by atoms with Crippen LogP contribution in [0.15, 0.2) is 0 Å². The first kappa shape index (κ1) is 22.3. The van der Waals surface area contributed by atoms with Crippen molar-refractivity contribution in [2.75, 3.05) is 32.8 Å². The molecule has 0 aromatic heterocycles. The molecule has 0 radical (unpaired) electrons. The molecule has 0 bridgehead atoms. The maximum atomic E-state index is 9.96. The summed E-state index contributed by atoms with van der Waals surface area (Å²) in [6, 6.07) is 4.28. The highest BCUT2D eigenvalue weighted by atomic mass is 28.3. The smallest absolute Gasteiger partial charge is 0.0900 e. The van der Waals surface area contributed by atoms with Crippen molar-refractivity contribution in [2.45, 2.75) is 77.2 Å². The molecule has 1 atom stereocenters. The van der Waals surface area contributed by atoms with E-state index >= 15 is 0 Å². The van der Waals surface area contributed by atoms with Gasteiger partial charge in [0.1, 0.15) is 0 Å². The average molecular weight is 348 g/mol. The van der Waals surface area contributed by atoms with Gasteiger partial charge in [0.25, 0.3) is 0 Å². The van der Waals surface area contributed by atoms with E-state index in [4.69, 9.17) is 4.74 Å². The molecule has 3 nitrogen and oxygen atoms in total. The number of likely N-dealkylation sites (N-methyl/N-ethyl adjacent to an activating group) is 1. The van der Waals surface area contributed by atoms with Crippen LogP contribution in [0.2, 0.25) is 50.9 Å². The van der Waals surface area contributed by atoms with Crippen LogP contribution in [0.5, 0.6) is 0 Å². The summed E-state index contributed by atoms with van der Waals surface area (Å²) >= 11 is 0. The van der Waals surface area contributed by atoms with Gasteiger partial charge < -0.3 is 14.7 Å². The van der Waals surface area contributed by atoms with Crippen molar-refractivity contribution in [3.63, 3.8) is 0 Å². The topological polar surface area (TPSA) is 32.7 Å². The lowest BCUT2D eigenvalue weighted by Gasteiger charge is -2.26. The van der Waals surface area contributed by atoms with Crippen LogP contribution in [0.25, 0.3) is 0 Å². The number of ether oxygens (including phenoxy) is 1. The van der Waals surface area contributed by atoms with E-state index in [2.05, 4.69) is 51.5 Å². The van der Waals surface area contributed by atoms with Crippen LogP contribution in [0.3, 0.4) is 0 Å². The molecule has 0 saturated carbocycles. The van der Waals surface area contributed by atoms with E-state index in [1.165, 1.54) is 18.1 Å². The normalized spacial score (nSPS) is 14.6. The largest absolute Gasteiger partial charge is 0.389 e. The number of aliphatic hydroxyl groups excluding tert-OH is 1. The summed E-state index contributed by atoms with van der Waals surface area (Å²) in [4.78, 5) is 2.24. The van der Waals surface area contributed by atoms with Crippen LogP contribution in [-0.2, 0) is 4.74 Å². The Labute approximate surface area is 141 Å². The lowest BCUT2D eigenvalue weighted by atomic mass is 10.3. The highest BCUT2D eigenvalue weighted by molar-refractivity contribution is 6.82. The molecule has 22 heavy (non-hydrogen) atoms. The van der Waals surface area contributed by atoms with Gasteiger partial charge in [0.15, 0.2) is 0 Å². The SMILES string of the molecule is CCN(CC)CC(O)COCCC[Si](C)(C)CC[Si](C)(C)C. The van der Waals surface area contributed by atoms with Gasteiger partial charge in [-0.2, -0.15) is 0 Å². The van der Waals surface area contributed by atoms with Gasteiger partial charge >= 0.3 is 0 Å². The number of hydrogen-bond acceptors (Lipinski definition) is 3. The van der Waals surface area contributed by atoms with Gasteiger partial charge in [0.2, 0.25) is 0 Å². The third-order valence-electron chi connectivity index (χ3n) is 4.37. The maximum Gasteiger partial charge on any atom is 0.0900 e. The van der Waals surface area contributed by atoms with Gasteiger partial charge in [-0.05, 0) is 19.5 Å². The highest BCUT2D eigenvalue weighted by Crippen LogP contribution is 2.24. The number of nitrogens with zero attached hydrogens (tertiary/aromatic N) is 1. The Morgan fingerprint density at radius 3 is 2.05 bits per heavy atom. The van der Waals surface area contributed by atoms with Gasteiger partial charge in [-0.1, -0.05) is 64.7 Å². The Balaban J connectivity index is 3.75. The van der Waals surface area contributed by atoms with Gasteiger partial charge in [0, 0.05) is 29.3 Å². The van der Waals surface area contributed by atoms with Gasteiger partial charge in [-0.25, -0.2) is 0 Å². The first-order valence-electron chi connectivity index (χ1n) is 9.08. The lowest BCUT2D eigenvalue weighted by Crippen LogP contribution is -2.35. The molecule has 0 rings (SSSR count). The summed E-state index contributed by atoms with van der Waals surface area (Å²) in [6.45, 7) is 20.7. The van der Waals surface area contributed by atoms with Crippen molar-refractivity contribution >= 4 is 16.1 Å². The molecule has 0 aliphatic rings. The first-order chi connectivity index (χ1) is 10.1. The minimum absolute atomic E-state index is 0.350. The molecule has 134 valence electrons. The van der Waals surface area contributed by atoms with E-state index in [0.717, 1.165) is 32.7 Å². The van der Waals surface area contributed by atoms with Crippen LogP contribution < -0.4 is 0 Å². The Morgan fingerprint density at radius 2 is 1.55 bits per heavy atom.